The maximum absolute atomic E-state index is 11.4. The summed E-state index contributed by atoms with van der Waals surface area (Å²) in [6.45, 7) is 0.564. The molecule has 0 saturated carbocycles. The zero-order valence-electron chi connectivity index (χ0n) is 11.7. The molecular weight excluding hydrogens is 274 g/mol. The third-order valence-electron chi connectivity index (χ3n) is 2.89. The average molecular weight is 291 g/mol. The first-order valence-corrected chi connectivity index (χ1v) is 6.57. The van der Waals surface area contributed by atoms with E-state index in [1.165, 1.54) is 7.11 Å². The molecule has 1 heterocycles. The first-order chi connectivity index (χ1) is 10.2. The van der Waals surface area contributed by atoms with Crippen molar-refractivity contribution in [3.8, 4) is 0 Å². The summed E-state index contributed by atoms with van der Waals surface area (Å²) in [6, 6.07) is 7.18. The summed E-state index contributed by atoms with van der Waals surface area (Å²) in [4.78, 5) is 22.5. The lowest BCUT2D eigenvalue weighted by Crippen LogP contribution is -2.25. The summed E-state index contributed by atoms with van der Waals surface area (Å²) in [5, 5.41) is 6.62. The van der Waals surface area contributed by atoms with Crippen LogP contribution in [0.4, 0.5) is 10.5 Å². The topological polar surface area (TPSA) is 89.0 Å². The molecule has 0 bridgehead atoms. The number of amides is 2. The SMILES string of the molecule is COCCOC(=O)Nc1ccc(C2=NNC(=O)CC2)cc1. The number of nitrogens with zero attached hydrogens (tertiary/aromatic N) is 1. The van der Waals surface area contributed by atoms with E-state index in [-0.39, 0.29) is 12.5 Å². The summed E-state index contributed by atoms with van der Waals surface area (Å²) in [7, 11) is 1.54. The van der Waals surface area contributed by atoms with Gasteiger partial charge in [-0.15, -0.1) is 0 Å². The van der Waals surface area contributed by atoms with Crippen molar-refractivity contribution in [2.24, 2.45) is 5.10 Å². The van der Waals surface area contributed by atoms with E-state index in [9.17, 15) is 9.59 Å². The van der Waals surface area contributed by atoms with Crippen LogP contribution in [0.25, 0.3) is 0 Å². The predicted molar refractivity (Wildman–Crippen MR) is 77.2 cm³/mol. The summed E-state index contributed by atoms with van der Waals surface area (Å²) < 4.78 is 9.68. The van der Waals surface area contributed by atoms with Crippen molar-refractivity contribution in [1.82, 2.24) is 5.43 Å². The van der Waals surface area contributed by atoms with E-state index in [4.69, 9.17) is 9.47 Å². The van der Waals surface area contributed by atoms with Crippen molar-refractivity contribution >= 4 is 23.4 Å². The van der Waals surface area contributed by atoms with Crippen molar-refractivity contribution in [2.75, 3.05) is 25.6 Å². The van der Waals surface area contributed by atoms with Gasteiger partial charge in [-0.2, -0.15) is 5.10 Å². The van der Waals surface area contributed by atoms with Gasteiger partial charge in [0.25, 0.3) is 0 Å². The monoisotopic (exact) mass is 291 g/mol. The van der Waals surface area contributed by atoms with E-state index in [0.29, 0.717) is 25.1 Å². The van der Waals surface area contributed by atoms with Crippen LogP contribution in [0.2, 0.25) is 0 Å². The Hall–Kier alpha value is -2.41. The van der Waals surface area contributed by atoms with Gasteiger partial charge in [0.1, 0.15) is 6.61 Å². The van der Waals surface area contributed by atoms with Gasteiger partial charge in [0.2, 0.25) is 5.91 Å². The van der Waals surface area contributed by atoms with Gasteiger partial charge >= 0.3 is 6.09 Å². The molecule has 1 aliphatic heterocycles. The lowest BCUT2D eigenvalue weighted by atomic mass is 10.0. The molecule has 2 amide bonds. The highest BCUT2D eigenvalue weighted by Gasteiger charge is 2.13. The number of nitrogens with one attached hydrogen (secondary N) is 2. The third kappa shape index (κ3) is 4.57. The van der Waals surface area contributed by atoms with Crippen LogP contribution in [-0.2, 0) is 14.3 Å². The molecule has 2 N–H and O–H groups in total. The molecule has 0 spiro atoms. The molecule has 0 unspecified atom stereocenters. The molecule has 21 heavy (non-hydrogen) atoms. The zero-order valence-corrected chi connectivity index (χ0v) is 11.7. The van der Waals surface area contributed by atoms with E-state index in [2.05, 4.69) is 15.8 Å². The Morgan fingerprint density at radius 3 is 2.67 bits per heavy atom. The average Bonchev–Trinajstić information content (AvgIpc) is 2.49. The highest BCUT2D eigenvalue weighted by atomic mass is 16.6. The van der Waals surface area contributed by atoms with Gasteiger partial charge in [-0.1, -0.05) is 12.1 Å². The number of methoxy groups -OCH3 is 1. The second-order valence-corrected chi connectivity index (χ2v) is 4.42. The van der Waals surface area contributed by atoms with Gasteiger partial charge in [-0.3, -0.25) is 10.1 Å². The first-order valence-electron chi connectivity index (χ1n) is 6.57. The van der Waals surface area contributed by atoms with Gasteiger partial charge in [0, 0.05) is 25.6 Å². The number of benzene rings is 1. The number of hydrogen-bond acceptors (Lipinski definition) is 5. The molecule has 1 aromatic rings. The number of carbonyl (C=O) groups is 2. The van der Waals surface area contributed by atoms with Gasteiger partial charge in [-0.25, -0.2) is 10.2 Å². The van der Waals surface area contributed by atoms with Gasteiger partial charge in [-0.05, 0) is 17.7 Å². The maximum Gasteiger partial charge on any atom is 0.411 e. The van der Waals surface area contributed by atoms with Crippen LogP contribution in [0, 0.1) is 0 Å². The highest BCUT2D eigenvalue weighted by molar-refractivity contribution is 6.04. The van der Waals surface area contributed by atoms with E-state index in [1.54, 1.807) is 12.1 Å². The minimum atomic E-state index is -0.526. The molecule has 112 valence electrons. The van der Waals surface area contributed by atoms with Crippen LogP contribution in [0.15, 0.2) is 29.4 Å². The quantitative estimate of drug-likeness (QED) is 0.804. The van der Waals surface area contributed by atoms with Gasteiger partial charge < -0.3 is 9.47 Å². The van der Waals surface area contributed by atoms with Crippen molar-refractivity contribution in [1.29, 1.82) is 0 Å². The van der Waals surface area contributed by atoms with Crippen molar-refractivity contribution in [3.63, 3.8) is 0 Å². The fraction of sp³-hybridized carbons (Fsp3) is 0.357. The predicted octanol–water partition coefficient (Wildman–Crippen LogP) is 1.50. The second kappa shape index (κ2) is 7.39. The fourth-order valence-electron chi connectivity index (χ4n) is 1.80. The first kappa shape index (κ1) is 15.0. The molecule has 0 atom stereocenters. The zero-order chi connectivity index (χ0) is 15.1. The number of hydrogen-bond donors (Lipinski definition) is 2. The largest absolute Gasteiger partial charge is 0.447 e. The number of carbonyl (C=O) groups excluding carboxylic acids is 2. The van der Waals surface area contributed by atoms with Crippen LogP contribution in [0.5, 0.6) is 0 Å². The molecule has 0 fully saturated rings. The lowest BCUT2D eigenvalue weighted by Gasteiger charge is -2.12. The minimum Gasteiger partial charge on any atom is -0.447 e. The maximum atomic E-state index is 11.4. The van der Waals surface area contributed by atoms with E-state index in [1.807, 2.05) is 12.1 Å². The highest BCUT2D eigenvalue weighted by Crippen LogP contribution is 2.14. The standard InChI is InChI=1S/C14H17N3O4/c1-20-8-9-21-14(19)15-11-4-2-10(3-5-11)12-6-7-13(18)17-16-12/h2-5H,6-9H2,1H3,(H,15,19)(H,17,18). The van der Waals surface area contributed by atoms with Gasteiger partial charge in [0.15, 0.2) is 0 Å². The Bertz CT molecular complexity index is 540. The number of ether oxygens (including phenoxy) is 2. The van der Waals surface area contributed by atoms with Crippen LogP contribution >= 0.6 is 0 Å². The van der Waals surface area contributed by atoms with Crippen molar-refractivity contribution in [2.45, 2.75) is 12.8 Å². The molecule has 7 nitrogen and oxygen atoms in total. The number of hydrazone groups is 1. The number of anilines is 1. The molecule has 0 aliphatic carbocycles. The minimum absolute atomic E-state index is 0.0733. The lowest BCUT2D eigenvalue weighted by molar-refractivity contribution is -0.121. The Morgan fingerprint density at radius 1 is 1.29 bits per heavy atom. The van der Waals surface area contributed by atoms with Crippen LogP contribution in [0.1, 0.15) is 18.4 Å². The number of rotatable bonds is 5. The summed E-state index contributed by atoms with van der Waals surface area (Å²) in [5.41, 5.74) is 4.81. The fourth-order valence-corrected chi connectivity index (χ4v) is 1.80. The second-order valence-electron chi connectivity index (χ2n) is 4.42. The Morgan fingerprint density at radius 2 is 2.05 bits per heavy atom. The molecule has 0 radical (unpaired) electrons. The summed E-state index contributed by atoms with van der Waals surface area (Å²) in [5.74, 6) is -0.0733. The molecule has 2 rings (SSSR count). The van der Waals surface area contributed by atoms with Crippen LogP contribution < -0.4 is 10.7 Å². The summed E-state index contributed by atoms with van der Waals surface area (Å²) in [6.07, 6.45) is 0.518. The van der Waals surface area contributed by atoms with E-state index < -0.39 is 6.09 Å². The van der Waals surface area contributed by atoms with E-state index >= 15 is 0 Å². The van der Waals surface area contributed by atoms with Crippen LogP contribution in [-0.4, -0.2) is 38.0 Å². The molecule has 0 saturated heterocycles. The molecule has 0 aromatic heterocycles. The van der Waals surface area contributed by atoms with Crippen LogP contribution in [0.3, 0.4) is 0 Å². The van der Waals surface area contributed by atoms with Crippen molar-refractivity contribution < 1.29 is 19.1 Å². The molecule has 7 heteroatoms. The molecular formula is C14H17N3O4. The normalized spacial score (nSPS) is 14.1. The van der Waals surface area contributed by atoms with Gasteiger partial charge in [0.05, 0.1) is 12.3 Å². The Kier molecular flexibility index (Phi) is 5.28. The molecule has 1 aliphatic rings. The van der Waals surface area contributed by atoms with Crippen molar-refractivity contribution in [3.05, 3.63) is 29.8 Å². The molecule has 1 aromatic carbocycles. The Labute approximate surface area is 122 Å². The smallest absolute Gasteiger partial charge is 0.411 e. The summed E-state index contributed by atoms with van der Waals surface area (Å²) >= 11 is 0. The van der Waals surface area contributed by atoms with E-state index in [0.717, 1.165) is 11.3 Å². The Balaban J connectivity index is 1.90. The third-order valence-corrected chi connectivity index (χ3v) is 2.89.